The number of phosphoric acid groups is 1. The van der Waals surface area contributed by atoms with Gasteiger partial charge in [-0.15, -0.1) is 0 Å². The van der Waals surface area contributed by atoms with E-state index in [1.807, 2.05) is 19.0 Å². The normalized spacial score (nSPS) is 13.7. The molecule has 0 aromatic heterocycles. The van der Waals surface area contributed by atoms with Gasteiger partial charge in [0.15, 0.2) is 0 Å². The molecule has 308 valence electrons. The molecule has 0 N–H and O–H groups in total. The van der Waals surface area contributed by atoms with Gasteiger partial charge in [-0.1, -0.05) is 206 Å². The first-order chi connectivity index (χ1) is 24.9. The highest BCUT2D eigenvalue weighted by atomic mass is 31.2. The molecule has 1 unspecified atom stereocenters. The Labute approximate surface area is 319 Å². The molecule has 0 aliphatic heterocycles. The summed E-state index contributed by atoms with van der Waals surface area (Å²) in [5, 5.41) is 0. The average molecular weight is 747 g/mol. The van der Waals surface area contributed by atoms with Crippen molar-refractivity contribution in [2.24, 2.45) is 0 Å². The van der Waals surface area contributed by atoms with E-state index in [4.69, 9.17) is 18.5 Å². The summed E-state index contributed by atoms with van der Waals surface area (Å²) in [6.07, 6.45) is 42.5. The zero-order valence-electron chi connectivity index (χ0n) is 34.8. The molecule has 0 aliphatic carbocycles. The van der Waals surface area contributed by atoms with E-state index < -0.39 is 13.9 Å². The summed E-state index contributed by atoms with van der Waals surface area (Å²) in [6.45, 7) is 6.70. The number of rotatable bonds is 44. The third-order valence-corrected chi connectivity index (χ3v) is 11.0. The highest BCUT2D eigenvalue weighted by molar-refractivity contribution is 7.45. The SMILES string of the molecule is CCCCCCCCCCCCCCCCCCOC[C@H](COP(=O)([O-])OCCN(C)C)OCCCCCCCCCCCCCCCCCC. The molecule has 0 bridgehead atoms. The van der Waals surface area contributed by atoms with Crippen LogP contribution in [0, 0.1) is 0 Å². The smallest absolute Gasteiger partial charge is 0.268 e. The van der Waals surface area contributed by atoms with Gasteiger partial charge in [-0.05, 0) is 26.9 Å². The standard InChI is InChI=1S/C43H90NO6P/c1-5-7-9-11-13-15-17-19-21-23-25-27-29-31-33-35-38-47-41-43(42-50-51(45,46)49-40-37-44(3)4)48-39-36-34-32-30-28-26-24-22-20-18-16-14-12-10-8-6-2/h43H,5-42H2,1-4H3,(H,45,46)/p-1/t43-/m1/s1. The van der Waals surface area contributed by atoms with Crippen molar-refractivity contribution in [1.82, 2.24) is 4.90 Å². The van der Waals surface area contributed by atoms with E-state index in [2.05, 4.69) is 13.8 Å². The Kier molecular flexibility index (Phi) is 41.2. The minimum absolute atomic E-state index is 0.0689. The van der Waals surface area contributed by atoms with Crippen molar-refractivity contribution in [3.63, 3.8) is 0 Å². The minimum atomic E-state index is -4.37. The van der Waals surface area contributed by atoms with Gasteiger partial charge in [0.1, 0.15) is 6.10 Å². The molecule has 0 spiro atoms. The fourth-order valence-electron chi connectivity index (χ4n) is 6.56. The monoisotopic (exact) mass is 747 g/mol. The molecular weight excluding hydrogens is 657 g/mol. The lowest BCUT2D eigenvalue weighted by molar-refractivity contribution is -0.228. The van der Waals surface area contributed by atoms with Crippen molar-refractivity contribution < 1.29 is 28.0 Å². The molecule has 0 fully saturated rings. The largest absolute Gasteiger partial charge is 0.756 e. The maximum atomic E-state index is 12.3. The Morgan fingerprint density at radius 2 is 0.784 bits per heavy atom. The van der Waals surface area contributed by atoms with Gasteiger partial charge in [0.05, 0.1) is 19.8 Å². The van der Waals surface area contributed by atoms with Gasteiger partial charge < -0.3 is 28.3 Å². The second-order valence-electron chi connectivity index (χ2n) is 15.6. The van der Waals surface area contributed by atoms with Gasteiger partial charge in [-0.3, -0.25) is 4.57 Å². The fraction of sp³-hybridized carbons (Fsp3) is 1.00. The lowest BCUT2D eigenvalue weighted by atomic mass is 10.0. The predicted octanol–water partition coefficient (Wildman–Crippen LogP) is 13.0. The Balaban J connectivity index is 3.97. The highest BCUT2D eigenvalue weighted by Crippen LogP contribution is 2.38. The summed E-state index contributed by atoms with van der Waals surface area (Å²) in [5.41, 5.74) is 0. The number of hydrogen-bond acceptors (Lipinski definition) is 7. The van der Waals surface area contributed by atoms with E-state index in [1.165, 1.54) is 186 Å². The fourth-order valence-corrected chi connectivity index (χ4v) is 7.29. The van der Waals surface area contributed by atoms with Crippen LogP contribution in [0.4, 0.5) is 0 Å². The lowest BCUT2D eigenvalue weighted by Crippen LogP contribution is -2.28. The molecule has 0 radical (unpaired) electrons. The van der Waals surface area contributed by atoms with Crippen LogP contribution in [0.1, 0.15) is 219 Å². The van der Waals surface area contributed by atoms with Crippen molar-refractivity contribution in [2.45, 2.75) is 225 Å². The Morgan fingerprint density at radius 1 is 0.451 bits per heavy atom. The summed E-state index contributed by atoms with van der Waals surface area (Å²) >= 11 is 0. The zero-order chi connectivity index (χ0) is 37.4. The van der Waals surface area contributed by atoms with Gasteiger partial charge in [-0.25, -0.2) is 0 Å². The van der Waals surface area contributed by atoms with Gasteiger partial charge in [-0.2, -0.15) is 0 Å². The third-order valence-electron chi connectivity index (χ3n) is 10.0. The molecule has 0 aromatic rings. The molecule has 0 aromatic carbocycles. The quantitative estimate of drug-likeness (QED) is 0.0453. The molecule has 7 nitrogen and oxygen atoms in total. The number of phosphoric ester groups is 1. The van der Waals surface area contributed by atoms with Crippen molar-refractivity contribution in [3.8, 4) is 0 Å². The molecule has 8 heteroatoms. The van der Waals surface area contributed by atoms with E-state index in [1.54, 1.807) is 0 Å². The summed E-state index contributed by atoms with van der Waals surface area (Å²) in [6, 6.07) is 0. The van der Waals surface area contributed by atoms with Crippen molar-refractivity contribution >= 4 is 7.82 Å². The maximum absolute atomic E-state index is 12.3. The van der Waals surface area contributed by atoms with Gasteiger partial charge in [0.2, 0.25) is 0 Å². The molecule has 0 saturated carbocycles. The summed E-state index contributed by atoms with van der Waals surface area (Å²) in [7, 11) is -0.622. The zero-order valence-corrected chi connectivity index (χ0v) is 35.7. The molecule has 2 atom stereocenters. The van der Waals surface area contributed by atoms with E-state index in [-0.39, 0.29) is 13.2 Å². The van der Waals surface area contributed by atoms with Gasteiger partial charge >= 0.3 is 0 Å². The minimum Gasteiger partial charge on any atom is -0.756 e. The topological polar surface area (TPSA) is 80.3 Å². The molecule has 0 saturated heterocycles. The summed E-state index contributed by atoms with van der Waals surface area (Å²) in [4.78, 5) is 14.1. The Bertz CT molecular complexity index is 712. The van der Waals surface area contributed by atoms with Gasteiger partial charge in [0.25, 0.3) is 7.82 Å². The Morgan fingerprint density at radius 3 is 1.14 bits per heavy atom. The van der Waals surface area contributed by atoms with E-state index >= 15 is 0 Å². The summed E-state index contributed by atoms with van der Waals surface area (Å²) in [5.74, 6) is 0. The third kappa shape index (κ3) is 42.6. The highest BCUT2D eigenvalue weighted by Gasteiger charge is 2.16. The van der Waals surface area contributed by atoms with E-state index in [9.17, 15) is 9.46 Å². The first-order valence-corrected chi connectivity index (χ1v) is 23.8. The van der Waals surface area contributed by atoms with Crippen LogP contribution in [0.25, 0.3) is 0 Å². The van der Waals surface area contributed by atoms with Crippen LogP contribution >= 0.6 is 7.82 Å². The van der Waals surface area contributed by atoms with Crippen molar-refractivity contribution in [2.75, 3.05) is 53.7 Å². The Hall–Kier alpha value is -0.0100. The molecule has 0 amide bonds. The number of hydrogen-bond donors (Lipinski definition) is 0. The number of likely N-dealkylation sites (N-methyl/N-ethyl adjacent to an activating group) is 1. The number of nitrogens with zero attached hydrogens (tertiary/aromatic N) is 1. The first-order valence-electron chi connectivity index (χ1n) is 22.4. The van der Waals surface area contributed by atoms with Crippen molar-refractivity contribution in [3.05, 3.63) is 0 Å². The molecule has 0 heterocycles. The second-order valence-corrected chi connectivity index (χ2v) is 17.0. The maximum Gasteiger partial charge on any atom is 0.268 e. The van der Waals surface area contributed by atoms with Crippen LogP contribution < -0.4 is 4.89 Å². The predicted molar refractivity (Wildman–Crippen MR) is 218 cm³/mol. The number of unbranched alkanes of at least 4 members (excludes halogenated alkanes) is 30. The van der Waals surface area contributed by atoms with Crippen LogP contribution in [-0.2, 0) is 23.1 Å². The summed E-state index contributed by atoms with van der Waals surface area (Å²) < 4.78 is 34.5. The first kappa shape index (κ1) is 51.0. The lowest BCUT2D eigenvalue weighted by Gasteiger charge is -2.26. The second kappa shape index (κ2) is 41.2. The average Bonchev–Trinajstić information content (AvgIpc) is 3.10. The van der Waals surface area contributed by atoms with Crippen LogP contribution in [0.5, 0.6) is 0 Å². The van der Waals surface area contributed by atoms with Gasteiger partial charge in [0, 0.05) is 19.8 Å². The van der Waals surface area contributed by atoms with Crippen molar-refractivity contribution in [1.29, 1.82) is 0 Å². The van der Waals surface area contributed by atoms with Crippen LogP contribution in [0.15, 0.2) is 0 Å². The molecular formula is C43H89NO6P-. The van der Waals surface area contributed by atoms with E-state index in [0.29, 0.717) is 26.4 Å². The van der Waals surface area contributed by atoms with Crippen LogP contribution in [-0.4, -0.2) is 64.7 Å². The van der Waals surface area contributed by atoms with Crippen LogP contribution in [0.2, 0.25) is 0 Å². The number of ether oxygens (including phenoxy) is 2. The molecule has 51 heavy (non-hydrogen) atoms. The molecule has 0 aliphatic rings. The molecule has 0 rings (SSSR count). The van der Waals surface area contributed by atoms with Crippen LogP contribution in [0.3, 0.4) is 0 Å². The van der Waals surface area contributed by atoms with E-state index in [0.717, 1.165) is 19.3 Å².